The molecule has 1 saturated carbocycles. The summed E-state index contributed by atoms with van der Waals surface area (Å²) in [6, 6.07) is 13.8. The number of rotatable bonds is 9. The number of carbonyl (C=O) groups is 2. The van der Waals surface area contributed by atoms with E-state index in [9.17, 15) is 9.59 Å². The monoisotopic (exact) mass is 502 g/mol. The van der Waals surface area contributed by atoms with Gasteiger partial charge in [0.2, 0.25) is 17.8 Å². The van der Waals surface area contributed by atoms with Crippen LogP contribution in [0.15, 0.2) is 48.7 Å². The van der Waals surface area contributed by atoms with E-state index < -0.39 is 0 Å². The van der Waals surface area contributed by atoms with Crippen molar-refractivity contribution >= 4 is 17.8 Å². The Balaban J connectivity index is 1.41. The number of anilines is 1. The van der Waals surface area contributed by atoms with Crippen LogP contribution in [0.1, 0.15) is 36.8 Å². The average molecular weight is 503 g/mol. The van der Waals surface area contributed by atoms with Crippen molar-refractivity contribution in [3.8, 4) is 22.7 Å². The van der Waals surface area contributed by atoms with E-state index in [1.54, 1.807) is 12.0 Å². The zero-order valence-corrected chi connectivity index (χ0v) is 21.7. The third-order valence-corrected chi connectivity index (χ3v) is 7.13. The maximum Gasteiger partial charge on any atom is 0.246 e. The first-order valence-electron chi connectivity index (χ1n) is 12.9. The molecule has 0 spiro atoms. The van der Waals surface area contributed by atoms with Crippen molar-refractivity contribution in [2.24, 2.45) is 5.92 Å². The molecule has 0 bridgehead atoms. The Labute approximate surface area is 217 Å². The topological polar surface area (TPSA) is 85.7 Å². The number of benzene rings is 2. The number of hydrogen-bond acceptors (Lipinski definition) is 5. The smallest absolute Gasteiger partial charge is 0.246 e. The summed E-state index contributed by atoms with van der Waals surface area (Å²) in [4.78, 5) is 32.6. The zero-order chi connectivity index (χ0) is 25.9. The molecule has 2 heterocycles. The van der Waals surface area contributed by atoms with Gasteiger partial charge in [-0.25, -0.2) is 4.98 Å². The molecule has 0 radical (unpaired) electrons. The normalized spacial score (nSPS) is 17.0. The van der Waals surface area contributed by atoms with Gasteiger partial charge in [-0.1, -0.05) is 6.07 Å². The quantitative estimate of drug-likeness (QED) is 0.465. The van der Waals surface area contributed by atoms with E-state index >= 15 is 0 Å². The standard InChI is InChI=1S/C29H34N4O4/c1-19-6-11-23(15-20(19)2)33-17-26(21-9-12-24(36-3)13-10-21)30-29(33)31-27(34)18-32(28(35)22-7-8-22)16-25-5-4-14-37-25/h6,9-13,15,17,22,25H,4-5,7-8,14,16,18H2,1-3H3,(H,30,31,34)/t25-/m0/s1. The minimum absolute atomic E-state index is 0.00491. The number of nitrogens with one attached hydrogen (secondary N) is 1. The van der Waals surface area contributed by atoms with E-state index in [2.05, 4.69) is 31.3 Å². The van der Waals surface area contributed by atoms with Crippen molar-refractivity contribution in [3.05, 3.63) is 59.8 Å². The second kappa shape index (κ2) is 10.8. The first kappa shape index (κ1) is 25.0. The first-order chi connectivity index (χ1) is 17.9. The fourth-order valence-corrected chi connectivity index (χ4v) is 4.63. The third kappa shape index (κ3) is 5.85. The van der Waals surface area contributed by atoms with Gasteiger partial charge in [-0.3, -0.25) is 19.5 Å². The Morgan fingerprint density at radius 1 is 1.11 bits per heavy atom. The van der Waals surface area contributed by atoms with Crippen molar-refractivity contribution in [2.75, 3.05) is 32.1 Å². The molecule has 1 atom stereocenters. The van der Waals surface area contributed by atoms with Crippen LogP contribution in [0.5, 0.6) is 5.75 Å². The molecule has 0 unspecified atom stereocenters. The molecule has 1 aliphatic carbocycles. The van der Waals surface area contributed by atoms with E-state index in [0.29, 0.717) is 19.1 Å². The second-order valence-corrected chi connectivity index (χ2v) is 9.99. The average Bonchev–Trinajstić information content (AvgIpc) is 3.47. The van der Waals surface area contributed by atoms with Crippen LogP contribution in [0.4, 0.5) is 5.95 Å². The fraction of sp³-hybridized carbons (Fsp3) is 0.414. The molecule has 194 valence electrons. The summed E-state index contributed by atoms with van der Waals surface area (Å²) in [5, 5.41) is 2.98. The lowest BCUT2D eigenvalue weighted by molar-refractivity contribution is -0.137. The van der Waals surface area contributed by atoms with Crippen LogP contribution in [-0.2, 0) is 14.3 Å². The minimum atomic E-state index is -0.274. The van der Waals surface area contributed by atoms with Gasteiger partial charge >= 0.3 is 0 Å². The van der Waals surface area contributed by atoms with Crippen molar-refractivity contribution < 1.29 is 19.1 Å². The van der Waals surface area contributed by atoms with Gasteiger partial charge in [0.15, 0.2) is 0 Å². The van der Waals surface area contributed by atoms with Crippen LogP contribution in [0.25, 0.3) is 16.9 Å². The summed E-state index contributed by atoms with van der Waals surface area (Å²) in [5.41, 5.74) is 4.86. The molecular formula is C29H34N4O4. The number of aryl methyl sites for hydroxylation is 2. The SMILES string of the molecule is COc1ccc(-c2cn(-c3ccc(C)c(C)c3)c(NC(=O)CN(C[C@@H]3CCCO3)C(=O)C3CC3)n2)cc1. The van der Waals surface area contributed by atoms with Gasteiger partial charge in [0.05, 0.1) is 18.9 Å². The van der Waals surface area contributed by atoms with E-state index in [4.69, 9.17) is 14.5 Å². The predicted molar refractivity (Wildman–Crippen MR) is 142 cm³/mol. The van der Waals surface area contributed by atoms with Gasteiger partial charge in [0, 0.05) is 36.5 Å². The Hall–Kier alpha value is -3.65. The number of hydrogen-bond donors (Lipinski definition) is 1. The highest BCUT2D eigenvalue weighted by molar-refractivity contribution is 5.94. The van der Waals surface area contributed by atoms with E-state index in [0.717, 1.165) is 53.9 Å². The molecule has 2 aromatic carbocycles. The molecule has 1 saturated heterocycles. The van der Waals surface area contributed by atoms with Gasteiger partial charge in [0.1, 0.15) is 12.3 Å². The molecule has 1 N–H and O–H groups in total. The van der Waals surface area contributed by atoms with E-state index in [-0.39, 0.29) is 30.4 Å². The van der Waals surface area contributed by atoms with Crippen LogP contribution in [0.2, 0.25) is 0 Å². The Morgan fingerprint density at radius 3 is 2.54 bits per heavy atom. The first-order valence-corrected chi connectivity index (χ1v) is 12.9. The van der Waals surface area contributed by atoms with Crippen molar-refractivity contribution in [1.29, 1.82) is 0 Å². The second-order valence-electron chi connectivity index (χ2n) is 9.99. The number of ether oxygens (including phenoxy) is 2. The molecule has 8 nitrogen and oxygen atoms in total. The summed E-state index contributed by atoms with van der Waals surface area (Å²) < 4.78 is 12.9. The summed E-state index contributed by atoms with van der Waals surface area (Å²) in [7, 11) is 1.63. The molecule has 1 aromatic heterocycles. The summed E-state index contributed by atoms with van der Waals surface area (Å²) >= 11 is 0. The summed E-state index contributed by atoms with van der Waals surface area (Å²) in [6.45, 7) is 5.27. The highest BCUT2D eigenvalue weighted by atomic mass is 16.5. The number of methoxy groups -OCH3 is 1. The van der Waals surface area contributed by atoms with E-state index in [1.807, 2.05) is 41.1 Å². The number of carbonyl (C=O) groups excluding carboxylic acids is 2. The Bertz CT molecular complexity index is 1270. The van der Waals surface area contributed by atoms with Crippen LogP contribution < -0.4 is 10.1 Å². The lowest BCUT2D eigenvalue weighted by Crippen LogP contribution is -2.43. The molecule has 2 amide bonds. The van der Waals surface area contributed by atoms with Gasteiger partial charge < -0.3 is 14.4 Å². The highest BCUT2D eigenvalue weighted by Gasteiger charge is 2.35. The number of amides is 2. The summed E-state index contributed by atoms with van der Waals surface area (Å²) in [5.74, 6) is 0.979. The van der Waals surface area contributed by atoms with E-state index in [1.165, 1.54) is 5.56 Å². The van der Waals surface area contributed by atoms with Crippen LogP contribution in [-0.4, -0.2) is 59.2 Å². The third-order valence-electron chi connectivity index (χ3n) is 7.13. The number of aromatic nitrogens is 2. The maximum absolute atomic E-state index is 13.3. The molecule has 3 aromatic rings. The molecule has 2 aliphatic rings. The predicted octanol–water partition coefficient (Wildman–Crippen LogP) is 4.52. The van der Waals surface area contributed by atoms with Gasteiger partial charge in [0.25, 0.3) is 0 Å². The lowest BCUT2D eigenvalue weighted by Gasteiger charge is -2.25. The fourth-order valence-electron chi connectivity index (χ4n) is 4.63. The Morgan fingerprint density at radius 2 is 1.89 bits per heavy atom. The minimum Gasteiger partial charge on any atom is -0.497 e. The molecule has 37 heavy (non-hydrogen) atoms. The number of imidazole rings is 1. The molecular weight excluding hydrogens is 468 g/mol. The van der Waals surface area contributed by atoms with Gasteiger partial charge in [-0.2, -0.15) is 0 Å². The molecule has 2 fully saturated rings. The Kier molecular flexibility index (Phi) is 7.28. The highest BCUT2D eigenvalue weighted by Crippen LogP contribution is 2.32. The molecule has 1 aliphatic heterocycles. The summed E-state index contributed by atoms with van der Waals surface area (Å²) in [6.07, 6.45) is 5.61. The van der Waals surface area contributed by atoms with Crippen LogP contribution in [0, 0.1) is 19.8 Å². The van der Waals surface area contributed by atoms with Crippen molar-refractivity contribution in [3.63, 3.8) is 0 Å². The largest absolute Gasteiger partial charge is 0.497 e. The van der Waals surface area contributed by atoms with Gasteiger partial charge in [-0.15, -0.1) is 0 Å². The van der Waals surface area contributed by atoms with Gasteiger partial charge in [-0.05, 0) is 87.1 Å². The molecule has 5 rings (SSSR count). The zero-order valence-electron chi connectivity index (χ0n) is 21.7. The van der Waals surface area contributed by atoms with Crippen LogP contribution in [0.3, 0.4) is 0 Å². The molecule has 8 heteroatoms. The van der Waals surface area contributed by atoms with Crippen molar-refractivity contribution in [2.45, 2.75) is 45.6 Å². The lowest BCUT2D eigenvalue weighted by atomic mass is 10.1. The maximum atomic E-state index is 13.3. The van der Waals surface area contributed by atoms with Crippen LogP contribution >= 0.6 is 0 Å². The van der Waals surface area contributed by atoms with Crippen molar-refractivity contribution in [1.82, 2.24) is 14.5 Å². The number of nitrogens with zero attached hydrogens (tertiary/aromatic N) is 3.